The Kier molecular flexibility index (Phi) is 14.7. The van der Waals surface area contributed by atoms with Crippen LogP contribution in [0.2, 0.25) is 0 Å². The van der Waals surface area contributed by atoms with Gasteiger partial charge in [0, 0.05) is 25.7 Å². The van der Waals surface area contributed by atoms with Crippen LogP contribution in [0.3, 0.4) is 0 Å². The predicted octanol–water partition coefficient (Wildman–Crippen LogP) is 11.3. The van der Waals surface area contributed by atoms with Crippen LogP contribution in [-0.4, -0.2) is 45.2 Å². The van der Waals surface area contributed by atoms with Crippen LogP contribution in [0.1, 0.15) is 150 Å². The van der Waals surface area contributed by atoms with Crippen molar-refractivity contribution in [3.8, 4) is 23.0 Å². The summed E-state index contributed by atoms with van der Waals surface area (Å²) in [5.74, 6) is 2.02. The second-order valence-corrected chi connectivity index (χ2v) is 22.7. The van der Waals surface area contributed by atoms with Gasteiger partial charge < -0.3 is 30.3 Å². The molecule has 4 N–H and O–H groups in total. The third kappa shape index (κ3) is 11.9. The van der Waals surface area contributed by atoms with Crippen LogP contribution >= 0.6 is 49.7 Å². The predicted molar refractivity (Wildman–Crippen MR) is 265 cm³/mol. The highest BCUT2D eigenvalue weighted by Gasteiger charge is 2.28. The summed E-state index contributed by atoms with van der Waals surface area (Å²) in [6.07, 6.45) is 1.72. The van der Waals surface area contributed by atoms with Gasteiger partial charge in [-0.05, 0) is 88.4 Å². The maximum atomic E-state index is 12.5. The van der Waals surface area contributed by atoms with Gasteiger partial charge in [0.05, 0.1) is 13.1 Å². The average Bonchev–Trinajstić information content (AvgIpc) is 3.10. The maximum Gasteiger partial charge on any atom is 0.130 e. The molecule has 1 aliphatic carbocycles. The molecule has 6 nitrogen and oxygen atoms in total. The molecule has 0 saturated carbocycles. The normalized spacial score (nSPS) is 13.4. The van der Waals surface area contributed by atoms with Crippen LogP contribution in [0.4, 0.5) is 0 Å². The molecule has 10 heteroatoms. The first-order chi connectivity index (χ1) is 27.7. The van der Waals surface area contributed by atoms with Crippen LogP contribution in [0.15, 0.2) is 48.5 Å². The fourth-order valence-electron chi connectivity index (χ4n) is 7.64. The Morgan fingerprint density at radius 3 is 0.883 bits per heavy atom. The van der Waals surface area contributed by atoms with Crippen molar-refractivity contribution in [2.75, 3.05) is 26.3 Å². The topological polar surface area (TPSA) is 83.0 Å². The molecule has 5 rings (SSSR count). The lowest BCUT2D eigenvalue weighted by atomic mass is 9.79. The molecule has 4 aromatic carbocycles. The lowest BCUT2D eigenvalue weighted by molar-refractivity contribution is 0.316. The van der Waals surface area contributed by atoms with Crippen LogP contribution in [0, 0.1) is 0 Å². The van der Waals surface area contributed by atoms with E-state index in [9.17, 15) is 10.2 Å². The Morgan fingerprint density at radius 2 is 0.683 bits per heavy atom. The van der Waals surface area contributed by atoms with Crippen LogP contribution in [0.5, 0.6) is 23.0 Å². The smallest absolute Gasteiger partial charge is 0.130 e. The van der Waals surface area contributed by atoms with Gasteiger partial charge in [-0.1, -0.05) is 156 Å². The van der Waals surface area contributed by atoms with Gasteiger partial charge in [-0.2, -0.15) is 0 Å². The minimum absolute atomic E-state index is 0.194. The molecule has 0 atom stereocenters. The van der Waals surface area contributed by atoms with Crippen molar-refractivity contribution >= 4 is 58.3 Å². The molecule has 0 radical (unpaired) electrons. The lowest BCUT2D eigenvalue weighted by Crippen LogP contribution is -2.24. The SMILES string of the molecule is CC(C)(C)c1cc2c(O)c(c1)Cc1cc(C(C)(C)C)cc(c1OCCNC(=S)S)Cc1cc(C(C)(C)C)cc(c1O)Cc1cc(C(C)(C)C)cc(c1OCCNC(=S)S)C2. The first-order valence-electron chi connectivity index (χ1n) is 20.9. The summed E-state index contributed by atoms with van der Waals surface area (Å²) in [5, 5.41) is 31.2. The number of fused-ring (bicyclic) bond motifs is 8. The quantitative estimate of drug-likeness (QED) is 0.0522. The monoisotopic (exact) mass is 886 g/mol. The number of thiol groups is 2. The van der Waals surface area contributed by atoms with Crippen molar-refractivity contribution in [2.24, 2.45) is 0 Å². The molecule has 0 saturated heterocycles. The summed E-state index contributed by atoms with van der Waals surface area (Å²) in [5.41, 5.74) is 10.9. The highest BCUT2D eigenvalue weighted by atomic mass is 32.1. The van der Waals surface area contributed by atoms with E-state index in [1.165, 1.54) is 0 Å². The standard InChI is InChI=1S/C50H66N2O4S4/c1-47(2,3)37-21-29-17-33-25-39(49(7,8)9)27-35(43(33)55-15-13-51-45(57)58)19-31-23-38(48(4,5)6)24-32(42(31)54)20-36-28-40(50(10,11)12)26-34(18-30(22-37)41(29)53)44(36)56-16-14-52-46(59)60/h21-28,53-54H,13-20H2,1-12H3,(H2,51,57,58)(H2,52,59,60). The highest BCUT2D eigenvalue weighted by Crippen LogP contribution is 2.43. The molecular formula is C50H66N2O4S4. The Bertz CT molecular complexity index is 2000. The molecule has 0 amide bonds. The molecule has 0 unspecified atom stereocenters. The fraction of sp³-hybridized carbons (Fsp3) is 0.480. The molecular weight excluding hydrogens is 821 g/mol. The first kappa shape index (κ1) is 47.6. The molecule has 4 aromatic rings. The van der Waals surface area contributed by atoms with E-state index in [-0.39, 0.29) is 33.2 Å². The minimum Gasteiger partial charge on any atom is -0.507 e. The van der Waals surface area contributed by atoms with Crippen LogP contribution in [0.25, 0.3) is 0 Å². The molecule has 8 bridgehead atoms. The Hall–Kier alpha value is -3.44. The summed E-state index contributed by atoms with van der Waals surface area (Å²) < 4.78 is 14.3. The Labute approximate surface area is 381 Å². The van der Waals surface area contributed by atoms with Crippen molar-refractivity contribution in [3.05, 3.63) is 115 Å². The van der Waals surface area contributed by atoms with E-state index in [0.717, 1.165) is 78.3 Å². The van der Waals surface area contributed by atoms with Gasteiger partial charge in [0.15, 0.2) is 0 Å². The molecule has 0 aromatic heterocycles. The van der Waals surface area contributed by atoms with E-state index < -0.39 is 0 Å². The number of ether oxygens (including phenoxy) is 2. The third-order valence-electron chi connectivity index (χ3n) is 11.3. The summed E-state index contributed by atoms with van der Waals surface area (Å²) >= 11 is 18.9. The van der Waals surface area contributed by atoms with Crippen LogP contribution < -0.4 is 20.1 Å². The number of phenols is 2. The van der Waals surface area contributed by atoms with Gasteiger partial charge in [0.1, 0.15) is 44.9 Å². The highest BCUT2D eigenvalue weighted by molar-refractivity contribution is 8.11. The van der Waals surface area contributed by atoms with Gasteiger partial charge in [-0.15, -0.1) is 25.3 Å². The Morgan fingerprint density at radius 1 is 0.467 bits per heavy atom. The molecule has 324 valence electrons. The molecule has 0 fully saturated rings. The zero-order chi connectivity index (χ0) is 44.5. The number of hydrogen-bond acceptors (Lipinski definition) is 6. The molecule has 0 heterocycles. The largest absolute Gasteiger partial charge is 0.507 e. The number of thiocarbonyl (C=S) groups is 2. The molecule has 1 aliphatic rings. The fourth-order valence-corrected chi connectivity index (χ4v) is 8.07. The van der Waals surface area contributed by atoms with Gasteiger partial charge in [-0.25, -0.2) is 0 Å². The van der Waals surface area contributed by atoms with Gasteiger partial charge in [0.2, 0.25) is 0 Å². The maximum absolute atomic E-state index is 12.5. The minimum atomic E-state index is -0.202. The summed E-state index contributed by atoms with van der Waals surface area (Å²) in [4.78, 5) is 0. The first-order valence-corrected chi connectivity index (χ1v) is 22.7. The summed E-state index contributed by atoms with van der Waals surface area (Å²) in [6.45, 7) is 28.2. The lowest BCUT2D eigenvalue weighted by Gasteiger charge is -2.28. The molecule has 0 spiro atoms. The third-order valence-corrected chi connectivity index (χ3v) is 11.9. The van der Waals surface area contributed by atoms with Crippen molar-refractivity contribution in [1.82, 2.24) is 10.6 Å². The number of hydrogen-bond donors (Lipinski definition) is 6. The summed E-state index contributed by atoms with van der Waals surface area (Å²) in [7, 11) is 0. The number of aromatic hydroxyl groups is 2. The zero-order valence-corrected chi connectivity index (χ0v) is 41.1. The number of rotatable bonds is 8. The molecule has 0 aliphatic heterocycles. The van der Waals surface area contributed by atoms with E-state index in [1.807, 2.05) is 0 Å². The Balaban J connectivity index is 1.90. The second kappa shape index (κ2) is 18.5. The van der Waals surface area contributed by atoms with Crippen molar-refractivity contribution < 1.29 is 19.7 Å². The van der Waals surface area contributed by atoms with Crippen molar-refractivity contribution in [1.29, 1.82) is 0 Å². The zero-order valence-electron chi connectivity index (χ0n) is 37.7. The van der Waals surface area contributed by atoms with E-state index in [4.69, 9.17) is 33.9 Å². The number of nitrogens with one attached hydrogen (secondary N) is 2. The van der Waals surface area contributed by atoms with E-state index >= 15 is 0 Å². The number of benzene rings is 4. The van der Waals surface area contributed by atoms with E-state index in [1.54, 1.807) is 0 Å². The summed E-state index contributed by atoms with van der Waals surface area (Å²) in [6, 6.07) is 17.5. The molecule has 60 heavy (non-hydrogen) atoms. The number of phenolic OH excluding ortho intramolecular Hbond substituents is 2. The van der Waals surface area contributed by atoms with Crippen molar-refractivity contribution in [3.63, 3.8) is 0 Å². The van der Waals surface area contributed by atoms with Gasteiger partial charge in [-0.3, -0.25) is 0 Å². The second-order valence-electron chi connectivity index (χ2n) is 20.4. The van der Waals surface area contributed by atoms with Gasteiger partial charge in [0.25, 0.3) is 0 Å². The van der Waals surface area contributed by atoms with Crippen molar-refractivity contribution in [2.45, 2.75) is 130 Å². The van der Waals surface area contributed by atoms with Gasteiger partial charge >= 0.3 is 0 Å². The van der Waals surface area contributed by atoms with Crippen LogP contribution in [-0.2, 0) is 47.3 Å². The van der Waals surface area contributed by atoms with E-state index in [2.05, 4.69) is 168 Å². The average molecular weight is 887 g/mol. The van der Waals surface area contributed by atoms with E-state index in [0.29, 0.717) is 60.6 Å².